The minimum Gasteiger partial charge on any atom is -0.872 e. The zero-order valence-electron chi connectivity index (χ0n) is 17.6. The number of rotatable bonds is 3. The number of likely N-dealkylation sites (N-methyl/N-ethyl adjacent to an activating group) is 1. The summed E-state index contributed by atoms with van der Waals surface area (Å²) < 4.78 is 0. The Bertz CT molecular complexity index is 1170. The molecule has 0 aliphatic heterocycles. The molecular weight excluding hydrogens is 438 g/mol. The number of primary amides is 1. The zero-order chi connectivity index (χ0) is 24.6. The predicted molar refractivity (Wildman–Crippen MR) is 108 cm³/mol. The summed E-state index contributed by atoms with van der Waals surface area (Å²) >= 11 is 0. The molecule has 0 saturated heterocycles. The number of carbonyl (C=O) groups is 3. The molecular formula is C21H22N3O9-. The van der Waals surface area contributed by atoms with E-state index in [9.17, 15) is 45.2 Å². The highest BCUT2D eigenvalue weighted by atomic mass is 16.8. The molecule has 4 atom stereocenters. The second-order valence-electron chi connectivity index (χ2n) is 8.69. The number of carbonyl (C=O) groups excluding carboxylic acids is 3. The van der Waals surface area contributed by atoms with E-state index in [2.05, 4.69) is 0 Å². The van der Waals surface area contributed by atoms with Crippen LogP contribution in [0.25, 0.3) is 5.76 Å². The van der Waals surface area contributed by atoms with Gasteiger partial charge in [0.25, 0.3) is 5.91 Å². The summed E-state index contributed by atoms with van der Waals surface area (Å²) in [6, 6.07) is 1.00. The van der Waals surface area contributed by atoms with Gasteiger partial charge in [0.2, 0.25) is 0 Å². The number of amides is 1. The Morgan fingerprint density at radius 2 is 1.85 bits per heavy atom. The molecule has 0 heterocycles. The topological polar surface area (TPSA) is 208 Å². The van der Waals surface area contributed by atoms with Crippen LogP contribution in [0.15, 0.2) is 29.0 Å². The molecule has 3 aliphatic carbocycles. The first-order valence-corrected chi connectivity index (χ1v) is 9.99. The van der Waals surface area contributed by atoms with Crippen LogP contribution in [0.3, 0.4) is 0 Å². The first-order chi connectivity index (χ1) is 15.3. The van der Waals surface area contributed by atoms with Gasteiger partial charge in [-0.1, -0.05) is 5.76 Å². The van der Waals surface area contributed by atoms with Gasteiger partial charge < -0.3 is 26.2 Å². The van der Waals surface area contributed by atoms with E-state index in [0.29, 0.717) is 0 Å². The van der Waals surface area contributed by atoms with Crippen molar-refractivity contribution in [1.82, 2.24) is 4.90 Å². The van der Waals surface area contributed by atoms with Crippen molar-refractivity contribution >= 4 is 28.9 Å². The van der Waals surface area contributed by atoms with Crippen molar-refractivity contribution in [2.45, 2.75) is 24.5 Å². The Balaban J connectivity index is 1.99. The molecule has 1 saturated carbocycles. The highest BCUT2D eigenvalue weighted by molar-refractivity contribution is 6.24. The first kappa shape index (κ1) is 22.7. The van der Waals surface area contributed by atoms with E-state index < -0.39 is 69.4 Å². The van der Waals surface area contributed by atoms with E-state index in [1.807, 2.05) is 0 Å². The molecule has 1 fully saturated rings. The minimum atomic E-state index is -2.76. The van der Waals surface area contributed by atoms with Crippen LogP contribution in [0.4, 0.5) is 5.69 Å². The lowest BCUT2D eigenvalue weighted by Crippen LogP contribution is -2.65. The molecule has 12 nitrogen and oxygen atoms in total. The number of benzene rings is 1. The van der Waals surface area contributed by atoms with Crippen molar-refractivity contribution in [2.24, 2.45) is 17.6 Å². The summed E-state index contributed by atoms with van der Waals surface area (Å²) in [5.74, 6) is -8.20. The standard InChI is InChI=1S/C21H23N3O9/c1-23(2)15-9-6-7-5-8-10(24(32)33)3-4-11(25)13(8)16(26)12(7)18(28)21(9,31)19(29)14(17(15)27)20(22)30/h3-4,7,9,15,25-26,29,31-33H,5-6H2,1-2H3,(H2,22,30)/p-1/t7-,9-,15-,21-/m0/s1. The Morgan fingerprint density at radius 1 is 1.21 bits per heavy atom. The summed E-state index contributed by atoms with van der Waals surface area (Å²) in [6.45, 7) is 0. The highest BCUT2D eigenvalue weighted by Crippen LogP contribution is 2.53. The third-order valence-electron chi connectivity index (χ3n) is 6.77. The molecule has 0 aromatic heterocycles. The fraction of sp³-hybridized carbons (Fsp3) is 0.381. The molecule has 0 unspecified atom stereocenters. The second kappa shape index (κ2) is 7.28. The van der Waals surface area contributed by atoms with Crippen molar-refractivity contribution in [2.75, 3.05) is 19.3 Å². The summed E-state index contributed by atoms with van der Waals surface area (Å²) in [5, 5.41) is 64.6. The van der Waals surface area contributed by atoms with Gasteiger partial charge in [-0.25, -0.2) is 0 Å². The molecule has 4 rings (SSSR count). The Morgan fingerprint density at radius 3 is 2.39 bits per heavy atom. The number of fused-ring (bicyclic) bond motifs is 3. The van der Waals surface area contributed by atoms with Crippen LogP contribution >= 0.6 is 0 Å². The normalized spacial score (nSPS) is 29.1. The molecule has 7 N–H and O–H groups in total. The van der Waals surface area contributed by atoms with Crippen LogP contribution in [0.2, 0.25) is 0 Å². The van der Waals surface area contributed by atoms with Crippen LogP contribution in [-0.4, -0.2) is 73.8 Å². The molecule has 3 aliphatic rings. The first-order valence-electron chi connectivity index (χ1n) is 9.99. The smallest absolute Gasteiger partial charge is 0.255 e. The summed E-state index contributed by atoms with van der Waals surface area (Å²) in [7, 11) is 2.97. The lowest BCUT2D eigenvalue weighted by atomic mass is 9.57. The molecule has 1 aromatic carbocycles. The zero-order valence-corrected chi connectivity index (χ0v) is 17.6. The van der Waals surface area contributed by atoms with Gasteiger partial charge in [0.1, 0.15) is 17.1 Å². The molecule has 1 aromatic rings. The van der Waals surface area contributed by atoms with Crippen molar-refractivity contribution in [3.8, 4) is 5.75 Å². The SMILES string of the molecule is CN(C)[C@@H]1C(=O)C(C(N)=O)=C(O)[C@@]2(O)C(=O)C3=C([O-])c4c(O)ccc(N(O)O)c4C[C@H]3C[C@@H]12. The maximum Gasteiger partial charge on any atom is 0.255 e. The van der Waals surface area contributed by atoms with E-state index in [4.69, 9.17) is 5.73 Å². The predicted octanol–water partition coefficient (Wildman–Crippen LogP) is -1.65. The minimum absolute atomic E-state index is 0.0677. The number of nitrogens with zero attached hydrogens (tertiary/aromatic N) is 2. The quantitative estimate of drug-likeness (QED) is 0.222. The van der Waals surface area contributed by atoms with Gasteiger partial charge in [0.05, 0.1) is 11.7 Å². The van der Waals surface area contributed by atoms with Crippen molar-refractivity contribution in [1.29, 1.82) is 0 Å². The van der Waals surface area contributed by atoms with E-state index in [-0.39, 0.29) is 34.9 Å². The van der Waals surface area contributed by atoms with Gasteiger partial charge in [-0.2, -0.15) is 0 Å². The molecule has 0 radical (unpaired) electrons. The molecule has 0 bridgehead atoms. The van der Waals surface area contributed by atoms with Crippen molar-refractivity contribution in [3.63, 3.8) is 0 Å². The van der Waals surface area contributed by atoms with Crippen molar-refractivity contribution < 1.29 is 45.2 Å². The van der Waals surface area contributed by atoms with Gasteiger partial charge in [-0.05, 0) is 56.1 Å². The Hall–Kier alpha value is -3.45. The Kier molecular flexibility index (Phi) is 5.02. The number of hydrogen-bond donors (Lipinski definition) is 6. The lowest BCUT2D eigenvalue weighted by molar-refractivity contribution is -0.246. The van der Waals surface area contributed by atoms with Gasteiger partial charge in [0.15, 0.2) is 17.2 Å². The fourth-order valence-electron chi connectivity index (χ4n) is 5.39. The molecule has 12 heteroatoms. The third-order valence-corrected chi connectivity index (χ3v) is 6.77. The number of nitrogens with two attached hydrogens (primary N) is 1. The number of Topliss-reactive ketones (excluding diaryl/α,β-unsaturated/α-hetero) is 2. The van der Waals surface area contributed by atoms with Gasteiger partial charge in [-0.15, -0.1) is 5.23 Å². The maximum absolute atomic E-state index is 13.5. The van der Waals surface area contributed by atoms with Crippen LogP contribution in [0.1, 0.15) is 17.5 Å². The number of hydrogen-bond acceptors (Lipinski definition) is 11. The lowest BCUT2D eigenvalue weighted by Gasteiger charge is -2.51. The summed E-state index contributed by atoms with van der Waals surface area (Å²) in [6.07, 6.45) is -0.239. The fourth-order valence-corrected chi connectivity index (χ4v) is 5.39. The van der Waals surface area contributed by atoms with Gasteiger partial charge >= 0.3 is 0 Å². The molecule has 1 amide bonds. The Labute approximate surface area is 187 Å². The van der Waals surface area contributed by atoms with Crippen LogP contribution < -0.4 is 16.1 Å². The number of aliphatic hydroxyl groups is 2. The van der Waals surface area contributed by atoms with Crippen LogP contribution in [0.5, 0.6) is 5.75 Å². The number of aliphatic hydroxyl groups excluding tert-OH is 1. The number of aromatic hydroxyl groups is 1. The van der Waals surface area contributed by atoms with E-state index in [0.717, 1.165) is 6.07 Å². The van der Waals surface area contributed by atoms with E-state index in [1.165, 1.54) is 25.1 Å². The second-order valence-corrected chi connectivity index (χ2v) is 8.69. The number of anilines is 1. The molecule has 176 valence electrons. The number of phenols is 1. The van der Waals surface area contributed by atoms with E-state index in [1.54, 1.807) is 0 Å². The number of ketones is 2. The largest absolute Gasteiger partial charge is 0.872 e. The van der Waals surface area contributed by atoms with Crippen LogP contribution in [0, 0.1) is 11.8 Å². The van der Waals surface area contributed by atoms with Crippen LogP contribution in [-0.2, 0) is 20.8 Å². The third kappa shape index (κ3) is 2.88. The van der Waals surface area contributed by atoms with Gasteiger partial charge in [-0.3, -0.25) is 29.7 Å². The monoisotopic (exact) mass is 460 g/mol. The molecule has 0 spiro atoms. The highest BCUT2D eigenvalue weighted by Gasteiger charge is 2.63. The van der Waals surface area contributed by atoms with Gasteiger partial charge in [0, 0.05) is 11.5 Å². The molecule has 33 heavy (non-hydrogen) atoms. The average Bonchev–Trinajstić information content (AvgIpc) is 2.70. The van der Waals surface area contributed by atoms with E-state index >= 15 is 0 Å². The number of phenolic OH excluding ortho intramolecular Hbond substituents is 1. The maximum atomic E-state index is 13.5. The average molecular weight is 460 g/mol. The summed E-state index contributed by atoms with van der Waals surface area (Å²) in [4.78, 5) is 39.8. The van der Waals surface area contributed by atoms with Crippen molar-refractivity contribution in [3.05, 3.63) is 40.2 Å². The summed E-state index contributed by atoms with van der Waals surface area (Å²) in [5.41, 5.74) is 0.666.